The van der Waals surface area contributed by atoms with Gasteiger partial charge < -0.3 is 19.5 Å². The maximum atomic E-state index is 14.5. The third-order valence-electron chi connectivity index (χ3n) is 11.8. The van der Waals surface area contributed by atoms with Crippen LogP contribution in [0.2, 0.25) is 0 Å². The first kappa shape index (κ1) is 34.9. The van der Waals surface area contributed by atoms with Crippen molar-refractivity contribution in [1.29, 1.82) is 0 Å². The van der Waals surface area contributed by atoms with Crippen molar-refractivity contribution in [1.82, 2.24) is 0 Å². The Kier molecular flexibility index (Phi) is 8.63. The molecule has 1 saturated carbocycles. The predicted octanol–water partition coefficient (Wildman–Crippen LogP) is 7.24. The van der Waals surface area contributed by atoms with Gasteiger partial charge in [0.15, 0.2) is 23.1 Å². The number of anilines is 2. The van der Waals surface area contributed by atoms with Crippen LogP contribution in [0.5, 0.6) is 17.2 Å². The molecule has 3 aromatic carbocycles. The van der Waals surface area contributed by atoms with Crippen LogP contribution in [0.25, 0.3) is 0 Å². The Balaban J connectivity index is 1.24. The van der Waals surface area contributed by atoms with Gasteiger partial charge in [-0.1, -0.05) is 18.6 Å². The summed E-state index contributed by atoms with van der Waals surface area (Å²) in [4.78, 5) is 60.2. The topological polar surface area (TPSA) is 138 Å². The molecule has 2 fully saturated rings. The summed E-state index contributed by atoms with van der Waals surface area (Å²) in [6, 6.07) is 17.8. The number of imide groups is 1. The van der Waals surface area contributed by atoms with Crippen LogP contribution in [-0.2, 0) is 19.2 Å². The number of nitrogens with zero attached hydrogens (tertiary/aromatic N) is 4. The van der Waals surface area contributed by atoms with Crippen LogP contribution in [0.1, 0.15) is 45.1 Å². The molecule has 6 atom stereocenters. The van der Waals surface area contributed by atoms with Gasteiger partial charge in [-0.3, -0.25) is 24.1 Å². The second-order valence-corrected chi connectivity index (χ2v) is 14.5. The highest BCUT2D eigenvalue weighted by atomic mass is 16.5. The van der Waals surface area contributed by atoms with Crippen molar-refractivity contribution in [3.63, 3.8) is 0 Å². The second kappa shape index (κ2) is 12.9. The number of fused-ring (bicyclic) bond motifs is 4. The van der Waals surface area contributed by atoms with E-state index in [1.165, 1.54) is 19.1 Å². The number of allylic oxidation sites excluding steroid dienone is 4. The molecule has 3 aromatic rings. The molecule has 3 aliphatic carbocycles. The zero-order valence-corrected chi connectivity index (χ0v) is 30.3. The Bertz CT molecular complexity index is 2070. The molecule has 0 aromatic heterocycles. The third kappa shape index (κ3) is 5.24. The van der Waals surface area contributed by atoms with Gasteiger partial charge >= 0.3 is 0 Å². The normalized spacial score (nSPS) is 27.0. The number of carbonyl (C=O) groups excluding carboxylic acids is 4. The summed E-state index contributed by atoms with van der Waals surface area (Å²) in [5.74, 6) is -3.96. The van der Waals surface area contributed by atoms with E-state index in [4.69, 9.17) is 9.47 Å². The molecule has 0 bridgehead atoms. The number of phenolic OH excluding ortho intramolecular Hbond substituents is 1. The molecular weight excluding hydrogens is 660 g/mol. The average Bonchev–Trinajstić information content (AvgIpc) is 3.41. The molecule has 1 saturated heterocycles. The van der Waals surface area contributed by atoms with Gasteiger partial charge in [0.1, 0.15) is 0 Å². The molecule has 0 radical (unpaired) electrons. The van der Waals surface area contributed by atoms with Crippen LogP contribution in [0.15, 0.2) is 93.7 Å². The Morgan fingerprint density at radius 1 is 0.827 bits per heavy atom. The first-order chi connectivity index (χ1) is 24.8. The van der Waals surface area contributed by atoms with Crippen molar-refractivity contribution < 1.29 is 33.8 Å². The first-order valence-electron chi connectivity index (χ1n) is 17.4. The van der Waals surface area contributed by atoms with Crippen LogP contribution in [0, 0.1) is 29.1 Å². The average molecular weight is 703 g/mol. The van der Waals surface area contributed by atoms with Gasteiger partial charge in [-0.25, -0.2) is 0 Å². The lowest BCUT2D eigenvalue weighted by molar-refractivity contribution is -0.142. The summed E-state index contributed by atoms with van der Waals surface area (Å²) < 4.78 is 11.0. The smallest absolute Gasteiger partial charge is 0.238 e. The molecule has 0 spiro atoms. The number of azo groups is 1. The number of hydrogen-bond acceptors (Lipinski definition) is 10. The van der Waals surface area contributed by atoms with Crippen molar-refractivity contribution in [2.75, 3.05) is 38.1 Å². The molecular formula is C41H42N4O7. The molecule has 268 valence electrons. The summed E-state index contributed by atoms with van der Waals surface area (Å²) in [6.45, 7) is 5.20. The summed E-state index contributed by atoms with van der Waals surface area (Å²) in [5.41, 5.74) is 3.84. The maximum Gasteiger partial charge on any atom is 0.238 e. The molecule has 11 heteroatoms. The molecule has 4 aliphatic rings. The van der Waals surface area contributed by atoms with E-state index < -0.39 is 35.0 Å². The lowest BCUT2D eigenvalue weighted by Crippen LogP contribution is -2.55. The number of carbonyl (C=O) groups is 4. The number of phenols is 1. The molecule has 2 amide bonds. The van der Waals surface area contributed by atoms with Crippen LogP contribution in [-0.4, -0.2) is 56.8 Å². The zero-order chi connectivity index (χ0) is 37.2. The molecule has 7 rings (SSSR count). The number of rotatable bonds is 7. The van der Waals surface area contributed by atoms with Gasteiger partial charge in [-0.05, 0) is 110 Å². The van der Waals surface area contributed by atoms with E-state index in [0.29, 0.717) is 40.2 Å². The highest BCUT2D eigenvalue weighted by molar-refractivity contribution is 6.22. The van der Waals surface area contributed by atoms with Gasteiger partial charge in [0.05, 0.1) is 48.5 Å². The van der Waals surface area contributed by atoms with Crippen molar-refractivity contribution in [2.24, 2.45) is 39.3 Å². The van der Waals surface area contributed by atoms with Crippen molar-refractivity contribution in [2.45, 2.75) is 39.5 Å². The first-order valence-corrected chi connectivity index (χ1v) is 17.4. The molecule has 0 unspecified atom stereocenters. The maximum absolute atomic E-state index is 14.5. The highest BCUT2D eigenvalue weighted by Gasteiger charge is 2.64. The Morgan fingerprint density at radius 3 is 1.96 bits per heavy atom. The molecule has 11 nitrogen and oxygen atoms in total. The van der Waals surface area contributed by atoms with Gasteiger partial charge in [0.2, 0.25) is 17.6 Å². The van der Waals surface area contributed by atoms with Crippen LogP contribution >= 0.6 is 0 Å². The number of aromatic hydroxyl groups is 1. The Labute approximate surface area is 302 Å². The lowest BCUT2D eigenvalue weighted by atomic mass is 9.46. The number of Topliss-reactive ketones (excluding diaryl/α,β-unsaturated/α-hetero) is 2. The number of hydrogen-bond donors (Lipinski definition) is 1. The van der Waals surface area contributed by atoms with E-state index in [-0.39, 0.29) is 47.1 Å². The van der Waals surface area contributed by atoms with E-state index >= 15 is 0 Å². The quantitative estimate of drug-likeness (QED) is 0.155. The van der Waals surface area contributed by atoms with Crippen LogP contribution in [0.4, 0.5) is 22.7 Å². The predicted molar refractivity (Wildman–Crippen MR) is 196 cm³/mol. The SMILES string of the molecule is COc1cc([C@H]2C3=CC[C@@H]4C(=O)N(c5ccc(N=Nc6ccc(N(C)C)cc6)cc5)C(=O)[C@@H]4[C@@H]3C[C@H]3C(=O)C(C)=C(C)C(=O)[C@@]23C)cc(OC)c1O. The van der Waals surface area contributed by atoms with Gasteiger partial charge in [0, 0.05) is 31.6 Å². The van der Waals surface area contributed by atoms with E-state index in [9.17, 15) is 24.3 Å². The number of ketones is 2. The van der Waals surface area contributed by atoms with Crippen LogP contribution in [0.3, 0.4) is 0 Å². The van der Waals surface area contributed by atoms with Gasteiger partial charge in [-0.2, -0.15) is 10.2 Å². The number of benzene rings is 3. The van der Waals surface area contributed by atoms with E-state index in [0.717, 1.165) is 11.3 Å². The van der Waals surface area contributed by atoms with E-state index in [2.05, 4.69) is 10.2 Å². The summed E-state index contributed by atoms with van der Waals surface area (Å²) in [6.07, 6.45) is 2.55. The zero-order valence-electron chi connectivity index (χ0n) is 30.3. The minimum atomic E-state index is -1.19. The monoisotopic (exact) mass is 702 g/mol. The Morgan fingerprint density at radius 2 is 1.40 bits per heavy atom. The largest absolute Gasteiger partial charge is 0.502 e. The fraction of sp³-hybridized carbons (Fsp3) is 0.366. The van der Waals surface area contributed by atoms with E-state index in [1.807, 2.05) is 56.3 Å². The molecule has 1 heterocycles. The summed E-state index contributed by atoms with van der Waals surface area (Å²) >= 11 is 0. The lowest BCUT2D eigenvalue weighted by Gasteiger charge is -2.54. The standard InChI is InChI=1S/C41H42N4O7/c1-21-22(2)38(48)41(3)31(36(21)46)20-30-28(35(41)23-18-32(51-6)37(47)33(19-23)52-7)16-17-29-34(30)40(50)45(39(29)49)27-14-10-25(11-15-27)43-42-24-8-12-26(13-9-24)44(4)5/h8-16,18-19,29-31,34-35,47H,17,20H2,1-7H3/t29-,30+,31-,34-,35-,41+/m0/s1. The molecule has 1 N–H and O–H groups in total. The molecule has 52 heavy (non-hydrogen) atoms. The fourth-order valence-electron chi connectivity index (χ4n) is 8.90. The number of methoxy groups -OCH3 is 2. The van der Waals surface area contributed by atoms with Gasteiger partial charge in [0.25, 0.3) is 0 Å². The van der Waals surface area contributed by atoms with Crippen molar-refractivity contribution in [3.8, 4) is 17.2 Å². The van der Waals surface area contributed by atoms with Crippen molar-refractivity contribution in [3.05, 3.63) is 89.0 Å². The Hall–Kier alpha value is -5.58. The summed E-state index contributed by atoms with van der Waals surface area (Å²) in [7, 11) is 6.79. The second-order valence-electron chi connectivity index (χ2n) is 14.5. The minimum Gasteiger partial charge on any atom is -0.502 e. The minimum absolute atomic E-state index is 0.129. The summed E-state index contributed by atoms with van der Waals surface area (Å²) in [5, 5.41) is 19.4. The molecule has 1 aliphatic heterocycles. The van der Waals surface area contributed by atoms with E-state index in [1.54, 1.807) is 50.2 Å². The van der Waals surface area contributed by atoms with Crippen molar-refractivity contribution >= 4 is 46.1 Å². The third-order valence-corrected chi connectivity index (χ3v) is 11.8. The number of amides is 2. The highest BCUT2D eigenvalue weighted by Crippen LogP contribution is 2.64. The fourth-order valence-corrected chi connectivity index (χ4v) is 8.90. The van der Waals surface area contributed by atoms with Gasteiger partial charge in [-0.15, -0.1) is 0 Å². The number of ether oxygens (including phenoxy) is 2. The van der Waals surface area contributed by atoms with Crippen LogP contribution < -0.4 is 19.3 Å².